The summed E-state index contributed by atoms with van der Waals surface area (Å²) in [6.07, 6.45) is -2.94. The fourth-order valence-corrected chi connectivity index (χ4v) is 3.04. The lowest BCUT2D eigenvalue weighted by Crippen LogP contribution is -2.11. The standard InChI is InChI=1S/C12H6F3N3OS2/c13-12(14,15)10-17-7-2-1-6(5-8(7)21-10)9(19)18-11-16-3-4-20-11/h1-5H,(H,16,18,19). The van der Waals surface area contributed by atoms with Gasteiger partial charge in [-0.05, 0) is 18.2 Å². The molecule has 9 heteroatoms. The van der Waals surface area contributed by atoms with Gasteiger partial charge in [-0.25, -0.2) is 9.97 Å². The fraction of sp³-hybridized carbons (Fsp3) is 0.0833. The van der Waals surface area contributed by atoms with E-state index in [1.165, 1.54) is 29.5 Å². The van der Waals surface area contributed by atoms with E-state index in [0.29, 0.717) is 21.2 Å². The van der Waals surface area contributed by atoms with E-state index in [1.54, 1.807) is 11.6 Å². The van der Waals surface area contributed by atoms with Crippen molar-refractivity contribution in [1.82, 2.24) is 9.97 Å². The van der Waals surface area contributed by atoms with Gasteiger partial charge in [0.05, 0.1) is 10.2 Å². The van der Waals surface area contributed by atoms with Gasteiger partial charge in [0.25, 0.3) is 5.91 Å². The molecule has 0 saturated carbocycles. The topological polar surface area (TPSA) is 54.9 Å². The predicted octanol–water partition coefficient (Wildman–Crippen LogP) is 4.02. The molecule has 0 atom stereocenters. The maximum Gasteiger partial charge on any atom is 0.443 e. The molecule has 0 unspecified atom stereocenters. The number of nitrogens with zero attached hydrogens (tertiary/aromatic N) is 2. The van der Waals surface area contributed by atoms with Crippen LogP contribution in [0.25, 0.3) is 10.2 Å². The summed E-state index contributed by atoms with van der Waals surface area (Å²) in [6, 6.07) is 4.23. The number of carbonyl (C=O) groups excluding carboxylic acids is 1. The quantitative estimate of drug-likeness (QED) is 0.772. The average molecular weight is 329 g/mol. The Bertz CT molecular complexity index is 796. The Balaban J connectivity index is 1.92. The van der Waals surface area contributed by atoms with Gasteiger partial charge in [-0.2, -0.15) is 13.2 Å². The second kappa shape index (κ2) is 5.08. The molecule has 0 aliphatic carbocycles. The minimum absolute atomic E-state index is 0.220. The van der Waals surface area contributed by atoms with Crippen LogP contribution >= 0.6 is 22.7 Å². The smallest absolute Gasteiger partial charge is 0.298 e. The van der Waals surface area contributed by atoms with Crippen LogP contribution in [0.2, 0.25) is 0 Å². The number of nitrogens with one attached hydrogen (secondary N) is 1. The summed E-state index contributed by atoms with van der Waals surface area (Å²) in [5, 5.41) is 3.79. The molecule has 0 fully saturated rings. The summed E-state index contributed by atoms with van der Waals surface area (Å²) >= 11 is 1.77. The van der Waals surface area contributed by atoms with Crippen LogP contribution in [0.5, 0.6) is 0 Å². The molecule has 108 valence electrons. The van der Waals surface area contributed by atoms with E-state index in [0.717, 1.165) is 0 Å². The van der Waals surface area contributed by atoms with Crippen molar-refractivity contribution in [3.05, 3.63) is 40.3 Å². The molecule has 0 spiro atoms. The van der Waals surface area contributed by atoms with Crippen molar-refractivity contribution >= 4 is 43.9 Å². The van der Waals surface area contributed by atoms with Gasteiger partial charge in [0, 0.05) is 17.1 Å². The maximum atomic E-state index is 12.6. The molecule has 0 bridgehead atoms. The van der Waals surface area contributed by atoms with E-state index in [4.69, 9.17) is 0 Å². The number of halogens is 3. The Morgan fingerprint density at radius 3 is 2.76 bits per heavy atom. The second-order valence-corrected chi connectivity index (χ2v) is 5.92. The maximum absolute atomic E-state index is 12.6. The summed E-state index contributed by atoms with van der Waals surface area (Å²) in [4.78, 5) is 19.4. The van der Waals surface area contributed by atoms with Crippen molar-refractivity contribution in [3.8, 4) is 0 Å². The van der Waals surface area contributed by atoms with Gasteiger partial charge in [-0.3, -0.25) is 10.1 Å². The molecular formula is C12H6F3N3OS2. The van der Waals surface area contributed by atoms with E-state index >= 15 is 0 Å². The minimum Gasteiger partial charge on any atom is -0.298 e. The third-order valence-corrected chi connectivity index (χ3v) is 4.30. The zero-order valence-corrected chi connectivity index (χ0v) is 11.8. The van der Waals surface area contributed by atoms with Crippen LogP contribution in [0, 0.1) is 0 Å². The lowest BCUT2D eigenvalue weighted by Gasteiger charge is -2.01. The molecule has 4 nitrogen and oxygen atoms in total. The number of hydrogen-bond acceptors (Lipinski definition) is 5. The third kappa shape index (κ3) is 2.88. The zero-order chi connectivity index (χ0) is 15.0. The van der Waals surface area contributed by atoms with Crippen LogP contribution in [0.15, 0.2) is 29.8 Å². The van der Waals surface area contributed by atoms with E-state index in [2.05, 4.69) is 15.3 Å². The van der Waals surface area contributed by atoms with Crippen LogP contribution in [0.1, 0.15) is 15.4 Å². The first-order valence-corrected chi connectivity index (χ1v) is 7.32. The summed E-state index contributed by atoms with van der Waals surface area (Å²) in [6.45, 7) is 0. The first kappa shape index (κ1) is 14.0. The normalized spacial score (nSPS) is 11.8. The lowest BCUT2D eigenvalue weighted by molar-refractivity contribution is -0.137. The molecule has 0 aliphatic rings. The predicted molar refractivity (Wildman–Crippen MR) is 74.7 cm³/mol. The van der Waals surface area contributed by atoms with Crippen molar-refractivity contribution in [1.29, 1.82) is 0 Å². The Morgan fingerprint density at radius 1 is 1.29 bits per heavy atom. The number of thiazole rings is 2. The van der Waals surface area contributed by atoms with Crippen LogP contribution in [0.3, 0.4) is 0 Å². The van der Waals surface area contributed by atoms with E-state index in [-0.39, 0.29) is 11.1 Å². The number of aromatic nitrogens is 2. The van der Waals surface area contributed by atoms with Crippen LogP contribution < -0.4 is 5.32 Å². The highest BCUT2D eigenvalue weighted by molar-refractivity contribution is 7.18. The van der Waals surface area contributed by atoms with E-state index < -0.39 is 17.1 Å². The molecule has 21 heavy (non-hydrogen) atoms. The Hall–Kier alpha value is -2.00. The number of alkyl halides is 3. The van der Waals surface area contributed by atoms with Gasteiger partial charge < -0.3 is 0 Å². The molecule has 0 aliphatic heterocycles. The summed E-state index contributed by atoms with van der Waals surface area (Å²) in [7, 11) is 0. The van der Waals surface area contributed by atoms with E-state index in [1.807, 2.05) is 0 Å². The fourth-order valence-electron chi connectivity index (χ4n) is 1.64. The number of carbonyl (C=O) groups is 1. The largest absolute Gasteiger partial charge is 0.443 e. The number of rotatable bonds is 2. The van der Waals surface area contributed by atoms with Crippen LogP contribution in [-0.4, -0.2) is 15.9 Å². The molecule has 3 rings (SSSR count). The number of fused-ring (bicyclic) bond motifs is 1. The SMILES string of the molecule is O=C(Nc1nccs1)c1ccc2nc(C(F)(F)F)sc2c1. The highest BCUT2D eigenvalue weighted by Crippen LogP contribution is 2.35. The second-order valence-electron chi connectivity index (χ2n) is 3.99. The molecule has 1 amide bonds. The zero-order valence-electron chi connectivity index (χ0n) is 10.1. The molecule has 0 radical (unpaired) electrons. The average Bonchev–Trinajstić information content (AvgIpc) is 3.04. The summed E-state index contributed by atoms with van der Waals surface area (Å²) < 4.78 is 38.1. The third-order valence-electron chi connectivity index (χ3n) is 2.55. The van der Waals surface area contributed by atoms with E-state index in [9.17, 15) is 18.0 Å². The Labute approximate surface area is 124 Å². The number of amides is 1. The van der Waals surface area contributed by atoms with Crippen molar-refractivity contribution in [2.45, 2.75) is 6.18 Å². The van der Waals surface area contributed by atoms with Gasteiger partial charge in [0.15, 0.2) is 10.1 Å². The summed E-state index contributed by atoms with van der Waals surface area (Å²) in [5.74, 6) is -0.422. The van der Waals surface area contributed by atoms with Crippen LogP contribution in [-0.2, 0) is 6.18 Å². The monoisotopic (exact) mass is 329 g/mol. The van der Waals surface area contributed by atoms with Gasteiger partial charge in [0.2, 0.25) is 0 Å². The number of benzene rings is 1. The van der Waals surface area contributed by atoms with Crippen molar-refractivity contribution in [2.75, 3.05) is 5.32 Å². The highest BCUT2D eigenvalue weighted by atomic mass is 32.1. The van der Waals surface area contributed by atoms with Gasteiger partial charge in [-0.1, -0.05) is 0 Å². The highest BCUT2D eigenvalue weighted by Gasteiger charge is 2.34. The Morgan fingerprint density at radius 2 is 2.10 bits per heavy atom. The first-order chi connectivity index (χ1) is 9.93. The minimum atomic E-state index is -4.48. The number of hydrogen-bond donors (Lipinski definition) is 1. The molecule has 2 heterocycles. The van der Waals surface area contributed by atoms with Crippen molar-refractivity contribution in [2.24, 2.45) is 0 Å². The van der Waals surface area contributed by atoms with Crippen molar-refractivity contribution in [3.63, 3.8) is 0 Å². The summed E-state index contributed by atoms with van der Waals surface area (Å²) in [5.41, 5.74) is 0.480. The van der Waals surface area contributed by atoms with Crippen molar-refractivity contribution < 1.29 is 18.0 Å². The van der Waals surface area contributed by atoms with Gasteiger partial charge in [0.1, 0.15) is 0 Å². The molecule has 3 aromatic rings. The lowest BCUT2D eigenvalue weighted by atomic mass is 10.2. The Kier molecular flexibility index (Phi) is 3.38. The molecule has 2 aromatic heterocycles. The molecule has 1 N–H and O–H groups in total. The van der Waals surface area contributed by atoms with Gasteiger partial charge in [-0.15, -0.1) is 22.7 Å². The molecule has 1 aromatic carbocycles. The van der Waals surface area contributed by atoms with Crippen LogP contribution in [0.4, 0.5) is 18.3 Å². The van der Waals surface area contributed by atoms with Gasteiger partial charge >= 0.3 is 6.18 Å². The first-order valence-electron chi connectivity index (χ1n) is 5.62. The molecule has 0 saturated heterocycles. The molecular weight excluding hydrogens is 323 g/mol. The number of anilines is 1.